The van der Waals surface area contributed by atoms with Gasteiger partial charge in [-0.25, -0.2) is 4.39 Å². The highest BCUT2D eigenvalue weighted by Crippen LogP contribution is 2.39. The van der Waals surface area contributed by atoms with E-state index in [1.807, 2.05) is 13.0 Å². The molecule has 15 heavy (non-hydrogen) atoms. The Morgan fingerprint density at radius 3 is 2.80 bits per heavy atom. The highest BCUT2D eigenvalue weighted by Gasteiger charge is 2.29. The lowest BCUT2D eigenvalue weighted by molar-refractivity contribution is 0.321. The minimum absolute atomic E-state index is 0.0184. The van der Waals surface area contributed by atoms with E-state index in [1.54, 1.807) is 6.07 Å². The van der Waals surface area contributed by atoms with Gasteiger partial charge in [0.2, 0.25) is 0 Å². The van der Waals surface area contributed by atoms with E-state index in [1.165, 1.54) is 6.07 Å². The second-order valence-corrected chi connectivity index (χ2v) is 3.99. The van der Waals surface area contributed by atoms with E-state index in [-0.39, 0.29) is 11.9 Å². The van der Waals surface area contributed by atoms with Gasteiger partial charge in [0.25, 0.3) is 0 Å². The van der Waals surface area contributed by atoms with Crippen LogP contribution in [-0.2, 0) is 0 Å². The van der Waals surface area contributed by atoms with Gasteiger partial charge in [-0.05, 0) is 43.4 Å². The normalized spacial score (nSPS) is 17.5. The van der Waals surface area contributed by atoms with Gasteiger partial charge in [0.05, 0.1) is 6.61 Å². The van der Waals surface area contributed by atoms with Crippen LogP contribution in [0.5, 0.6) is 5.75 Å². The Morgan fingerprint density at radius 1 is 1.53 bits per heavy atom. The SMILES string of the molecule is CCOc1ccc(C(N)C2CC2)cc1F. The zero-order valence-corrected chi connectivity index (χ0v) is 8.87. The van der Waals surface area contributed by atoms with Crippen molar-refractivity contribution in [1.29, 1.82) is 0 Å². The topological polar surface area (TPSA) is 35.2 Å². The molecule has 1 aromatic carbocycles. The van der Waals surface area contributed by atoms with Crippen LogP contribution >= 0.6 is 0 Å². The fraction of sp³-hybridized carbons (Fsp3) is 0.500. The fourth-order valence-corrected chi connectivity index (χ4v) is 1.72. The Morgan fingerprint density at radius 2 is 2.27 bits per heavy atom. The van der Waals surface area contributed by atoms with Crippen molar-refractivity contribution in [2.24, 2.45) is 11.7 Å². The lowest BCUT2D eigenvalue weighted by atomic mass is 10.0. The number of halogens is 1. The van der Waals surface area contributed by atoms with Gasteiger partial charge in [0.1, 0.15) is 0 Å². The van der Waals surface area contributed by atoms with E-state index in [0.717, 1.165) is 18.4 Å². The number of ether oxygens (including phenoxy) is 1. The first kappa shape index (κ1) is 10.4. The molecule has 0 heterocycles. The molecule has 1 saturated carbocycles. The summed E-state index contributed by atoms with van der Waals surface area (Å²) in [7, 11) is 0. The van der Waals surface area contributed by atoms with Gasteiger partial charge in [0, 0.05) is 6.04 Å². The van der Waals surface area contributed by atoms with E-state index < -0.39 is 0 Å². The Bertz CT molecular complexity index is 349. The zero-order chi connectivity index (χ0) is 10.8. The maximum atomic E-state index is 13.5. The Balaban J connectivity index is 2.16. The predicted octanol–water partition coefficient (Wildman–Crippen LogP) is 2.63. The van der Waals surface area contributed by atoms with Crippen molar-refractivity contribution in [1.82, 2.24) is 0 Å². The number of hydrogen-bond donors (Lipinski definition) is 1. The van der Waals surface area contributed by atoms with Crippen LogP contribution in [-0.4, -0.2) is 6.61 Å². The summed E-state index contributed by atoms with van der Waals surface area (Å²) in [4.78, 5) is 0. The van der Waals surface area contributed by atoms with E-state index in [2.05, 4.69) is 0 Å². The molecule has 2 rings (SSSR count). The lowest BCUT2D eigenvalue weighted by Gasteiger charge is -2.12. The Kier molecular flexibility index (Phi) is 2.91. The highest BCUT2D eigenvalue weighted by molar-refractivity contribution is 5.31. The summed E-state index contributed by atoms with van der Waals surface area (Å²) in [5.74, 6) is 0.539. The van der Waals surface area contributed by atoms with Crippen LogP contribution in [0.1, 0.15) is 31.4 Å². The van der Waals surface area contributed by atoms with Gasteiger partial charge in [-0.1, -0.05) is 6.07 Å². The number of nitrogens with two attached hydrogens (primary N) is 1. The molecule has 0 amide bonds. The summed E-state index contributed by atoms with van der Waals surface area (Å²) in [5.41, 5.74) is 6.86. The van der Waals surface area contributed by atoms with Crippen molar-refractivity contribution in [2.75, 3.05) is 6.61 Å². The maximum absolute atomic E-state index is 13.5. The first-order valence-corrected chi connectivity index (χ1v) is 5.40. The largest absolute Gasteiger partial charge is 0.491 e. The van der Waals surface area contributed by atoms with Crippen LogP contribution < -0.4 is 10.5 Å². The first-order chi connectivity index (χ1) is 7.22. The highest BCUT2D eigenvalue weighted by atomic mass is 19.1. The molecule has 1 aliphatic rings. The van der Waals surface area contributed by atoms with Crippen LogP contribution in [0.15, 0.2) is 18.2 Å². The molecule has 2 nitrogen and oxygen atoms in total. The zero-order valence-electron chi connectivity index (χ0n) is 8.87. The van der Waals surface area contributed by atoms with Crippen molar-refractivity contribution in [3.63, 3.8) is 0 Å². The quantitative estimate of drug-likeness (QED) is 0.827. The number of rotatable bonds is 4. The molecule has 82 valence electrons. The van der Waals surface area contributed by atoms with Gasteiger partial charge >= 0.3 is 0 Å². The van der Waals surface area contributed by atoms with Gasteiger partial charge < -0.3 is 10.5 Å². The standard InChI is InChI=1S/C12H16FNO/c1-2-15-11-6-5-9(7-10(11)13)12(14)8-3-4-8/h5-8,12H,2-4,14H2,1H3. The van der Waals surface area contributed by atoms with E-state index in [0.29, 0.717) is 18.3 Å². The van der Waals surface area contributed by atoms with E-state index >= 15 is 0 Å². The van der Waals surface area contributed by atoms with Gasteiger partial charge in [-0.2, -0.15) is 0 Å². The smallest absolute Gasteiger partial charge is 0.165 e. The van der Waals surface area contributed by atoms with Crippen LogP contribution in [0.25, 0.3) is 0 Å². The first-order valence-electron chi connectivity index (χ1n) is 5.40. The molecule has 1 unspecified atom stereocenters. The molecule has 1 fully saturated rings. The summed E-state index contributed by atoms with van der Waals surface area (Å²) < 4.78 is 18.6. The van der Waals surface area contributed by atoms with E-state index in [4.69, 9.17) is 10.5 Å². The molecular weight excluding hydrogens is 193 g/mol. The molecule has 0 aliphatic heterocycles. The Labute approximate surface area is 89.2 Å². The average Bonchev–Trinajstić information content (AvgIpc) is 3.04. The second kappa shape index (κ2) is 4.19. The van der Waals surface area contributed by atoms with Crippen molar-refractivity contribution in [3.05, 3.63) is 29.6 Å². The maximum Gasteiger partial charge on any atom is 0.165 e. The number of hydrogen-bond acceptors (Lipinski definition) is 2. The molecule has 2 N–H and O–H groups in total. The summed E-state index contributed by atoms with van der Waals surface area (Å²) in [6.45, 7) is 2.31. The van der Waals surface area contributed by atoms with Crippen molar-refractivity contribution in [3.8, 4) is 5.75 Å². The molecule has 0 radical (unpaired) electrons. The molecular formula is C12H16FNO. The monoisotopic (exact) mass is 209 g/mol. The minimum atomic E-state index is -0.314. The van der Waals surface area contributed by atoms with Crippen LogP contribution in [0, 0.1) is 11.7 Å². The van der Waals surface area contributed by atoms with Crippen molar-refractivity contribution in [2.45, 2.75) is 25.8 Å². The Hall–Kier alpha value is -1.09. The third-order valence-corrected chi connectivity index (χ3v) is 2.77. The van der Waals surface area contributed by atoms with E-state index in [9.17, 15) is 4.39 Å². The van der Waals surface area contributed by atoms with Gasteiger partial charge in [0.15, 0.2) is 11.6 Å². The van der Waals surface area contributed by atoms with Crippen LogP contribution in [0.2, 0.25) is 0 Å². The summed E-state index contributed by atoms with van der Waals surface area (Å²) in [6.07, 6.45) is 2.33. The molecule has 3 heteroatoms. The third-order valence-electron chi connectivity index (χ3n) is 2.77. The second-order valence-electron chi connectivity index (χ2n) is 3.99. The van der Waals surface area contributed by atoms with Gasteiger partial charge in [-0.3, -0.25) is 0 Å². The molecule has 1 aliphatic carbocycles. The van der Waals surface area contributed by atoms with Gasteiger partial charge in [-0.15, -0.1) is 0 Å². The van der Waals surface area contributed by atoms with Crippen LogP contribution in [0.4, 0.5) is 4.39 Å². The number of benzene rings is 1. The average molecular weight is 209 g/mol. The van der Waals surface area contributed by atoms with Crippen LogP contribution in [0.3, 0.4) is 0 Å². The van der Waals surface area contributed by atoms with Crippen molar-refractivity contribution < 1.29 is 9.13 Å². The summed E-state index contributed by atoms with van der Waals surface area (Å²) in [5, 5.41) is 0. The lowest BCUT2D eigenvalue weighted by Crippen LogP contribution is -2.12. The third kappa shape index (κ3) is 2.29. The fourth-order valence-electron chi connectivity index (χ4n) is 1.72. The molecule has 0 saturated heterocycles. The molecule has 0 spiro atoms. The van der Waals surface area contributed by atoms with Crippen molar-refractivity contribution >= 4 is 0 Å². The molecule has 1 aromatic rings. The molecule has 0 aromatic heterocycles. The molecule has 0 bridgehead atoms. The summed E-state index contributed by atoms with van der Waals surface area (Å²) in [6, 6.07) is 5.00. The predicted molar refractivity (Wildman–Crippen MR) is 57.2 cm³/mol. The minimum Gasteiger partial charge on any atom is -0.491 e. The summed E-state index contributed by atoms with van der Waals surface area (Å²) >= 11 is 0. The molecule has 1 atom stereocenters.